The van der Waals surface area contributed by atoms with E-state index in [1.54, 1.807) is 6.07 Å². The number of halogens is 1. The zero-order valence-corrected chi connectivity index (χ0v) is 15.3. The van der Waals surface area contributed by atoms with Crippen molar-refractivity contribution in [2.45, 2.75) is 24.8 Å². The van der Waals surface area contributed by atoms with E-state index >= 15 is 0 Å². The van der Waals surface area contributed by atoms with Crippen LogP contribution in [0.2, 0.25) is 0 Å². The molecule has 26 heavy (non-hydrogen) atoms. The van der Waals surface area contributed by atoms with E-state index in [2.05, 4.69) is 15.4 Å². The number of sulfonamides is 1. The van der Waals surface area contributed by atoms with Crippen LogP contribution >= 0.6 is 0 Å². The zero-order valence-electron chi connectivity index (χ0n) is 14.5. The number of hydrogen-bond donors (Lipinski definition) is 3. The molecule has 0 bridgehead atoms. The molecule has 8 heteroatoms. The van der Waals surface area contributed by atoms with Crippen molar-refractivity contribution in [1.29, 1.82) is 0 Å². The summed E-state index contributed by atoms with van der Waals surface area (Å²) in [6, 6.07) is 12.5. The van der Waals surface area contributed by atoms with Crippen molar-refractivity contribution in [1.82, 2.24) is 10.0 Å². The summed E-state index contributed by atoms with van der Waals surface area (Å²) in [5.74, 6) is -1.16. The van der Waals surface area contributed by atoms with Gasteiger partial charge in [-0.1, -0.05) is 31.2 Å². The lowest BCUT2D eigenvalue weighted by Gasteiger charge is -2.09. The first kappa shape index (κ1) is 20.0. The quantitative estimate of drug-likeness (QED) is 0.624. The predicted molar refractivity (Wildman–Crippen MR) is 98.7 cm³/mol. The van der Waals surface area contributed by atoms with Gasteiger partial charge in [0.25, 0.3) is 0 Å². The second-order valence-electron chi connectivity index (χ2n) is 5.61. The van der Waals surface area contributed by atoms with E-state index in [0.29, 0.717) is 12.2 Å². The van der Waals surface area contributed by atoms with Gasteiger partial charge in [0, 0.05) is 25.2 Å². The third-order valence-corrected chi connectivity index (χ3v) is 5.05. The van der Waals surface area contributed by atoms with Gasteiger partial charge >= 0.3 is 0 Å². The number of benzene rings is 2. The summed E-state index contributed by atoms with van der Waals surface area (Å²) in [5, 5.41) is 5.92. The number of amides is 1. The number of rotatable bonds is 9. The van der Waals surface area contributed by atoms with Crippen LogP contribution in [-0.4, -0.2) is 27.4 Å². The minimum absolute atomic E-state index is 0.0644. The number of carbonyl (C=O) groups is 1. The molecule has 0 unspecified atom stereocenters. The van der Waals surface area contributed by atoms with E-state index in [1.165, 1.54) is 18.2 Å². The molecular weight excluding hydrogens is 357 g/mol. The van der Waals surface area contributed by atoms with Crippen LogP contribution in [0.3, 0.4) is 0 Å². The topological polar surface area (TPSA) is 87.3 Å². The van der Waals surface area contributed by atoms with Crippen molar-refractivity contribution in [3.05, 3.63) is 59.9 Å². The Balaban J connectivity index is 1.86. The van der Waals surface area contributed by atoms with E-state index in [0.717, 1.165) is 18.2 Å². The van der Waals surface area contributed by atoms with Gasteiger partial charge in [0.2, 0.25) is 15.9 Å². The Morgan fingerprint density at radius 1 is 1.12 bits per heavy atom. The minimum atomic E-state index is -3.99. The van der Waals surface area contributed by atoms with E-state index in [4.69, 9.17) is 0 Å². The van der Waals surface area contributed by atoms with Crippen molar-refractivity contribution < 1.29 is 17.6 Å². The molecule has 2 aromatic rings. The van der Waals surface area contributed by atoms with Crippen LogP contribution in [0.4, 0.5) is 10.1 Å². The lowest BCUT2D eigenvalue weighted by atomic mass is 10.2. The number of nitrogens with one attached hydrogen (secondary N) is 3. The van der Waals surface area contributed by atoms with Crippen molar-refractivity contribution in [2.24, 2.45) is 0 Å². The molecule has 0 aliphatic carbocycles. The summed E-state index contributed by atoms with van der Waals surface area (Å²) in [4.78, 5) is 11.6. The smallest absolute Gasteiger partial charge is 0.243 e. The molecule has 0 fully saturated rings. The molecular formula is C18H22FN3O3S. The third kappa shape index (κ3) is 5.91. The molecule has 0 radical (unpaired) electrons. The zero-order chi connectivity index (χ0) is 19.0. The van der Waals surface area contributed by atoms with Gasteiger partial charge in [-0.15, -0.1) is 0 Å². The molecule has 0 atom stereocenters. The molecule has 1 amide bonds. The third-order valence-electron chi connectivity index (χ3n) is 3.56. The fourth-order valence-electron chi connectivity index (χ4n) is 2.29. The van der Waals surface area contributed by atoms with Crippen LogP contribution in [0, 0.1) is 5.82 Å². The maximum Gasteiger partial charge on any atom is 0.243 e. The van der Waals surface area contributed by atoms with Gasteiger partial charge in [0.05, 0.1) is 0 Å². The van der Waals surface area contributed by atoms with Gasteiger partial charge in [-0.25, -0.2) is 17.5 Å². The Morgan fingerprint density at radius 2 is 1.88 bits per heavy atom. The summed E-state index contributed by atoms with van der Waals surface area (Å²) < 4.78 is 39.9. The molecule has 6 nitrogen and oxygen atoms in total. The van der Waals surface area contributed by atoms with Gasteiger partial charge in [-0.3, -0.25) is 4.79 Å². The molecule has 2 rings (SSSR count). The molecule has 140 valence electrons. The first-order chi connectivity index (χ1) is 12.4. The van der Waals surface area contributed by atoms with Crippen molar-refractivity contribution in [3.63, 3.8) is 0 Å². The van der Waals surface area contributed by atoms with Crippen molar-refractivity contribution >= 4 is 21.6 Å². The highest BCUT2D eigenvalue weighted by Crippen LogP contribution is 2.13. The van der Waals surface area contributed by atoms with Gasteiger partial charge in [0.15, 0.2) is 0 Å². The van der Waals surface area contributed by atoms with Crippen LogP contribution in [0.5, 0.6) is 0 Å². The standard InChI is InChI=1S/C18H22FN3O3S/c1-2-20-13-14-6-5-7-15(12-14)22-18(23)10-11-21-26(24,25)17-9-4-3-8-16(17)19/h3-9,12,20-21H,2,10-11,13H2,1H3,(H,22,23). The Labute approximate surface area is 152 Å². The van der Waals surface area contributed by atoms with Gasteiger partial charge in [-0.2, -0.15) is 0 Å². The fourth-order valence-corrected chi connectivity index (χ4v) is 3.40. The molecule has 0 heterocycles. The monoisotopic (exact) mass is 379 g/mol. The molecule has 0 saturated heterocycles. The fraction of sp³-hybridized carbons (Fsp3) is 0.278. The van der Waals surface area contributed by atoms with Crippen LogP contribution in [0.15, 0.2) is 53.4 Å². The Kier molecular flexibility index (Phi) is 7.26. The van der Waals surface area contributed by atoms with Crippen molar-refractivity contribution in [2.75, 3.05) is 18.4 Å². The largest absolute Gasteiger partial charge is 0.326 e. The van der Waals surface area contributed by atoms with Crippen LogP contribution in [0.1, 0.15) is 18.9 Å². The van der Waals surface area contributed by atoms with Gasteiger partial charge < -0.3 is 10.6 Å². The van der Waals surface area contributed by atoms with E-state index in [1.807, 2.05) is 25.1 Å². The second kappa shape index (κ2) is 9.42. The molecule has 3 N–H and O–H groups in total. The maximum atomic E-state index is 13.6. The summed E-state index contributed by atoms with van der Waals surface area (Å²) in [6.45, 7) is 3.43. The average molecular weight is 379 g/mol. The highest BCUT2D eigenvalue weighted by atomic mass is 32.2. The van der Waals surface area contributed by atoms with Crippen molar-refractivity contribution in [3.8, 4) is 0 Å². The first-order valence-corrected chi connectivity index (χ1v) is 9.74. The summed E-state index contributed by atoms with van der Waals surface area (Å²) in [5.41, 5.74) is 1.67. The molecule has 0 aliphatic heterocycles. The van der Waals surface area contributed by atoms with E-state index in [-0.39, 0.29) is 18.9 Å². The molecule has 0 aromatic heterocycles. The van der Waals surface area contributed by atoms with Crippen LogP contribution in [0.25, 0.3) is 0 Å². The van der Waals surface area contributed by atoms with Gasteiger partial charge in [-0.05, 0) is 36.4 Å². The minimum Gasteiger partial charge on any atom is -0.326 e. The maximum absolute atomic E-state index is 13.6. The highest BCUT2D eigenvalue weighted by Gasteiger charge is 2.18. The second-order valence-corrected chi connectivity index (χ2v) is 7.34. The molecule has 0 saturated carbocycles. The number of hydrogen-bond acceptors (Lipinski definition) is 4. The number of carbonyl (C=O) groups excluding carboxylic acids is 1. The summed E-state index contributed by atoms with van der Waals surface area (Å²) in [6.07, 6.45) is -0.0644. The Hall–Kier alpha value is -2.29. The predicted octanol–water partition coefficient (Wildman–Crippen LogP) is 2.24. The van der Waals surface area contributed by atoms with E-state index in [9.17, 15) is 17.6 Å². The molecule has 2 aromatic carbocycles. The normalized spacial score (nSPS) is 11.3. The SMILES string of the molecule is CCNCc1cccc(NC(=O)CCNS(=O)(=O)c2ccccc2F)c1. The van der Waals surface area contributed by atoms with E-state index < -0.39 is 20.7 Å². The van der Waals surface area contributed by atoms with Gasteiger partial charge in [0.1, 0.15) is 10.7 Å². The van der Waals surface area contributed by atoms with Crippen LogP contribution in [-0.2, 0) is 21.4 Å². The molecule has 0 spiro atoms. The summed E-state index contributed by atoms with van der Waals surface area (Å²) >= 11 is 0. The number of anilines is 1. The van der Waals surface area contributed by atoms with Crippen LogP contribution < -0.4 is 15.4 Å². The molecule has 0 aliphatic rings. The first-order valence-electron chi connectivity index (χ1n) is 8.26. The Morgan fingerprint density at radius 3 is 2.62 bits per heavy atom. The lowest BCUT2D eigenvalue weighted by Crippen LogP contribution is -2.28. The Bertz CT molecular complexity index is 856. The summed E-state index contributed by atoms with van der Waals surface area (Å²) in [7, 11) is -3.99. The highest BCUT2D eigenvalue weighted by molar-refractivity contribution is 7.89. The lowest BCUT2D eigenvalue weighted by molar-refractivity contribution is -0.116. The average Bonchev–Trinajstić information content (AvgIpc) is 2.60.